The molecule has 0 radical (unpaired) electrons. The Hall–Kier alpha value is -2.04. The summed E-state index contributed by atoms with van der Waals surface area (Å²) in [5, 5.41) is 0. The van der Waals surface area contributed by atoms with Crippen LogP contribution in [-0.2, 0) is 11.3 Å². The summed E-state index contributed by atoms with van der Waals surface area (Å²) < 4.78 is 32.4. The fourth-order valence-corrected chi connectivity index (χ4v) is 3.61. The third-order valence-electron chi connectivity index (χ3n) is 4.84. The lowest BCUT2D eigenvalue weighted by Crippen LogP contribution is -2.53. The number of fused-ring (bicyclic) bond motifs is 2. The zero-order valence-electron chi connectivity index (χ0n) is 13.3. The number of ether oxygens (including phenoxy) is 1. The fourth-order valence-electron chi connectivity index (χ4n) is 3.61. The fraction of sp³-hybridized carbons (Fsp3) is 0.300. The minimum absolute atomic E-state index is 0.167. The number of morpholine rings is 1. The van der Waals surface area contributed by atoms with Crippen LogP contribution in [0.4, 0.5) is 8.78 Å². The van der Waals surface area contributed by atoms with E-state index in [1.165, 1.54) is 17.7 Å². The van der Waals surface area contributed by atoms with Crippen LogP contribution in [-0.4, -0.2) is 30.2 Å². The molecule has 2 aromatic carbocycles. The molecule has 2 nitrogen and oxygen atoms in total. The molecule has 124 valence electrons. The third-order valence-corrected chi connectivity index (χ3v) is 4.84. The van der Waals surface area contributed by atoms with E-state index in [9.17, 15) is 8.78 Å². The van der Waals surface area contributed by atoms with Gasteiger partial charge < -0.3 is 4.74 Å². The minimum Gasteiger partial charge on any atom is -0.378 e. The van der Waals surface area contributed by atoms with Gasteiger partial charge in [0.1, 0.15) is 0 Å². The maximum atomic E-state index is 13.6. The summed E-state index contributed by atoms with van der Waals surface area (Å²) in [6.07, 6.45) is 2.93. The summed E-state index contributed by atoms with van der Waals surface area (Å²) in [6.45, 7) is 2.18. The highest BCUT2D eigenvalue weighted by molar-refractivity contribution is 5.68. The van der Waals surface area contributed by atoms with Gasteiger partial charge in [-0.2, -0.15) is 0 Å². The SMILES string of the molecule is Fc1ccc(C2=CC3COCC(C2)N3Cc2ccccc2)cc1F. The van der Waals surface area contributed by atoms with Crippen molar-refractivity contribution in [3.05, 3.63) is 77.4 Å². The largest absolute Gasteiger partial charge is 0.378 e. The Bertz CT molecular complexity index is 759. The highest BCUT2D eigenvalue weighted by atomic mass is 19.2. The Morgan fingerprint density at radius 3 is 2.58 bits per heavy atom. The van der Waals surface area contributed by atoms with Crippen molar-refractivity contribution in [3.8, 4) is 0 Å². The predicted octanol–water partition coefficient (Wildman–Crippen LogP) is 4.02. The number of benzene rings is 2. The van der Waals surface area contributed by atoms with Crippen LogP contribution >= 0.6 is 0 Å². The standard InChI is InChI=1S/C20H19F2NO/c21-19-7-6-15(10-20(19)22)16-8-17-12-24-13-18(9-16)23(17)11-14-4-2-1-3-5-14/h1-8,10,17-18H,9,11-13H2. The van der Waals surface area contributed by atoms with Crippen molar-refractivity contribution in [3.63, 3.8) is 0 Å². The molecule has 0 spiro atoms. The van der Waals surface area contributed by atoms with E-state index in [0.29, 0.717) is 13.2 Å². The van der Waals surface area contributed by atoms with Crippen molar-refractivity contribution in [1.82, 2.24) is 4.90 Å². The molecular weight excluding hydrogens is 308 g/mol. The average molecular weight is 327 g/mol. The molecule has 0 N–H and O–H groups in total. The molecule has 0 saturated carbocycles. The Morgan fingerprint density at radius 2 is 1.83 bits per heavy atom. The number of halogens is 2. The number of hydrogen-bond acceptors (Lipinski definition) is 2. The van der Waals surface area contributed by atoms with Crippen LogP contribution < -0.4 is 0 Å². The zero-order valence-corrected chi connectivity index (χ0v) is 13.3. The van der Waals surface area contributed by atoms with Crippen LogP contribution in [0.1, 0.15) is 17.5 Å². The van der Waals surface area contributed by atoms with Crippen LogP contribution in [0.3, 0.4) is 0 Å². The van der Waals surface area contributed by atoms with Gasteiger partial charge in [0.05, 0.1) is 19.3 Å². The van der Waals surface area contributed by atoms with E-state index in [1.807, 2.05) is 18.2 Å². The van der Waals surface area contributed by atoms with Crippen molar-refractivity contribution in [2.45, 2.75) is 25.0 Å². The van der Waals surface area contributed by atoms with Gasteiger partial charge in [0, 0.05) is 12.6 Å². The van der Waals surface area contributed by atoms with E-state index in [-0.39, 0.29) is 12.1 Å². The van der Waals surface area contributed by atoms with Crippen LogP contribution in [0.5, 0.6) is 0 Å². The smallest absolute Gasteiger partial charge is 0.159 e. The summed E-state index contributed by atoms with van der Waals surface area (Å²) in [4.78, 5) is 2.45. The van der Waals surface area contributed by atoms with E-state index in [4.69, 9.17) is 4.74 Å². The zero-order chi connectivity index (χ0) is 16.5. The maximum Gasteiger partial charge on any atom is 0.159 e. The van der Waals surface area contributed by atoms with Gasteiger partial charge in [-0.25, -0.2) is 8.78 Å². The van der Waals surface area contributed by atoms with Crippen LogP contribution in [0.15, 0.2) is 54.6 Å². The highest BCUT2D eigenvalue weighted by Gasteiger charge is 2.34. The number of hydrogen-bond donors (Lipinski definition) is 0. The first kappa shape index (κ1) is 15.5. The summed E-state index contributed by atoms with van der Waals surface area (Å²) >= 11 is 0. The lowest BCUT2D eigenvalue weighted by Gasteiger charge is -2.44. The summed E-state index contributed by atoms with van der Waals surface area (Å²) in [5.74, 6) is -1.59. The van der Waals surface area contributed by atoms with Crippen molar-refractivity contribution >= 4 is 5.57 Å². The monoisotopic (exact) mass is 327 g/mol. The first-order chi connectivity index (χ1) is 11.7. The van der Waals surface area contributed by atoms with Crippen molar-refractivity contribution in [2.75, 3.05) is 13.2 Å². The molecule has 24 heavy (non-hydrogen) atoms. The lowest BCUT2D eigenvalue weighted by molar-refractivity contribution is -0.0402. The van der Waals surface area contributed by atoms with Crippen molar-refractivity contribution in [1.29, 1.82) is 0 Å². The van der Waals surface area contributed by atoms with Gasteiger partial charge >= 0.3 is 0 Å². The molecule has 2 aliphatic rings. The molecular formula is C20H19F2NO. The van der Waals surface area contributed by atoms with Crippen LogP contribution in [0.25, 0.3) is 5.57 Å². The highest BCUT2D eigenvalue weighted by Crippen LogP contribution is 2.33. The second-order valence-electron chi connectivity index (χ2n) is 6.44. The molecule has 0 amide bonds. The molecule has 0 aromatic heterocycles. The van der Waals surface area contributed by atoms with Crippen LogP contribution in [0.2, 0.25) is 0 Å². The molecule has 2 heterocycles. The second-order valence-corrected chi connectivity index (χ2v) is 6.44. The predicted molar refractivity (Wildman–Crippen MR) is 89.3 cm³/mol. The molecule has 2 unspecified atom stereocenters. The topological polar surface area (TPSA) is 12.5 Å². The Morgan fingerprint density at radius 1 is 1.00 bits per heavy atom. The molecule has 2 atom stereocenters. The number of rotatable bonds is 3. The van der Waals surface area contributed by atoms with E-state index in [2.05, 4.69) is 23.1 Å². The average Bonchev–Trinajstić information content (AvgIpc) is 2.58. The molecule has 1 saturated heterocycles. The lowest BCUT2D eigenvalue weighted by atomic mass is 9.89. The Balaban J connectivity index is 1.61. The second kappa shape index (κ2) is 6.46. The molecule has 0 aliphatic carbocycles. The molecule has 2 aromatic rings. The van der Waals surface area contributed by atoms with E-state index >= 15 is 0 Å². The summed E-state index contributed by atoms with van der Waals surface area (Å²) in [7, 11) is 0. The van der Waals surface area contributed by atoms with Gasteiger partial charge in [-0.1, -0.05) is 42.5 Å². The maximum absolute atomic E-state index is 13.6. The van der Waals surface area contributed by atoms with Gasteiger partial charge in [-0.3, -0.25) is 4.90 Å². The summed E-state index contributed by atoms with van der Waals surface area (Å²) in [5.41, 5.74) is 3.13. The van der Waals surface area contributed by atoms with Gasteiger partial charge in [0.15, 0.2) is 11.6 Å². The third kappa shape index (κ3) is 2.99. The molecule has 1 fully saturated rings. The van der Waals surface area contributed by atoms with Crippen molar-refractivity contribution < 1.29 is 13.5 Å². The van der Waals surface area contributed by atoms with Gasteiger partial charge in [-0.15, -0.1) is 0 Å². The first-order valence-corrected chi connectivity index (χ1v) is 8.24. The van der Waals surface area contributed by atoms with Gasteiger partial charge in [0.2, 0.25) is 0 Å². The van der Waals surface area contributed by atoms with E-state index in [1.54, 1.807) is 6.07 Å². The Labute approximate surface area is 140 Å². The summed E-state index contributed by atoms with van der Waals surface area (Å²) in [6, 6.07) is 15.0. The molecule has 2 bridgehead atoms. The normalized spacial score (nSPS) is 23.8. The van der Waals surface area contributed by atoms with Gasteiger partial charge in [0.25, 0.3) is 0 Å². The molecule has 4 heteroatoms. The van der Waals surface area contributed by atoms with Gasteiger partial charge in [-0.05, 0) is 35.3 Å². The quantitative estimate of drug-likeness (QED) is 0.844. The van der Waals surface area contributed by atoms with Crippen molar-refractivity contribution in [2.24, 2.45) is 0 Å². The van der Waals surface area contributed by atoms with E-state index in [0.717, 1.165) is 24.1 Å². The van der Waals surface area contributed by atoms with Crippen LogP contribution in [0, 0.1) is 11.6 Å². The first-order valence-electron chi connectivity index (χ1n) is 8.24. The molecule has 4 rings (SSSR count). The Kier molecular flexibility index (Phi) is 4.17. The minimum atomic E-state index is -0.801. The number of nitrogens with zero attached hydrogens (tertiary/aromatic N) is 1. The van der Waals surface area contributed by atoms with E-state index < -0.39 is 11.6 Å². The molecule has 2 aliphatic heterocycles.